The number of allylic oxidation sites excluding steroid dienone is 1. The maximum absolute atomic E-state index is 12.6. The van der Waals surface area contributed by atoms with Gasteiger partial charge in [-0.3, -0.25) is 4.79 Å². The zero-order valence-corrected chi connectivity index (χ0v) is 17.5. The van der Waals surface area contributed by atoms with E-state index in [4.69, 9.17) is 9.72 Å². The molecule has 31 heavy (non-hydrogen) atoms. The Hall–Kier alpha value is -3.86. The van der Waals surface area contributed by atoms with Crippen molar-refractivity contribution < 1.29 is 9.53 Å². The Bertz CT molecular complexity index is 1200. The van der Waals surface area contributed by atoms with E-state index in [0.29, 0.717) is 30.8 Å². The average Bonchev–Trinajstić information content (AvgIpc) is 3.17. The molecule has 0 saturated carbocycles. The van der Waals surface area contributed by atoms with Crippen molar-refractivity contribution in [2.75, 3.05) is 13.7 Å². The van der Waals surface area contributed by atoms with Gasteiger partial charge in [0.1, 0.15) is 11.6 Å². The van der Waals surface area contributed by atoms with Crippen LogP contribution in [-0.4, -0.2) is 29.1 Å². The monoisotopic (exact) mass is 411 g/mol. The second kappa shape index (κ2) is 9.76. The van der Waals surface area contributed by atoms with E-state index in [1.54, 1.807) is 19.2 Å². The van der Waals surface area contributed by atoms with Gasteiger partial charge in [0.05, 0.1) is 23.7 Å². The molecule has 0 aliphatic carbocycles. The maximum atomic E-state index is 12.6. The van der Waals surface area contributed by atoms with Crippen LogP contribution in [-0.2, 0) is 13.0 Å². The molecule has 0 atom stereocenters. The molecule has 1 N–H and O–H groups in total. The molecule has 5 heteroatoms. The third kappa shape index (κ3) is 4.83. The number of amides is 1. The standard InChI is InChI=1S/C26H25N3O2/c1-31-24-16-8-5-13-21(24)26(30)27-18-17-25-28-22-14-6-7-15-23(22)29(25)19-9-12-20-10-3-2-4-11-20/h2-16H,17-19H2,1H3,(H,27,30)/b12-9+. The van der Waals surface area contributed by atoms with Crippen molar-refractivity contribution in [3.63, 3.8) is 0 Å². The van der Waals surface area contributed by atoms with Crippen LogP contribution >= 0.6 is 0 Å². The molecule has 0 radical (unpaired) electrons. The minimum absolute atomic E-state index is 0.149. The number of rotatable bonds is 8. The van der Waals surface area contributed by atoms with E-state index < -0.39 is 0 Å². The molecular weight excluding hydrogens is 386 g/mol. The third-order valence-corrected chi connectivity index (χ3v) is 5.12. The zero-order chi connectivity index (χ0) is 21.5. The Balaban J connectivity index is 1.47. The number of methoxy groups -OCH3 is 1. The van der Waals surface area contributed by atoms with Crippen LogP contribution in [0.25, 0.3) is 17.1 Å². The van der Waals surface area contributed by atoms with Crippen molar-refractivity contribution in [1.82, 2.24) is 14.9 Å². The van der Waals surface area contributed by atoms with E-state index in [2.05, 4.69) is 40.2 Å². The summed E-state index contributed by atoms with van der Waals surface area (Å²) in [5, 5.41) is 2.99. The molecule has 0 aliphatic heterocycles. The molecule has 0 spiro atoms. The van der Waals surface area contributed by atoms with Crippen molar-refractivity contribution in [2.45, 2.75) is 13.0 Å². The summed E-state index contributed by atoms with van der Waals surface area (Å²) in [4.78, 5) is 17.4. The molecule has 4 rings (SSSR count). The number of hydrogen-bond acceptors (Lipinski definition) is 3. The predicted octanol–water partition coefficient (Wildman–Crippen LogP) is 4.73. The highest BCUT2D eigenvalue weighted by atomic mass is 16.5. The molecule has 3 aromatic carbocycles. The number of para-hydroxylation sites is 3. The van der Waals surface area contributed by atoms with Crippen LogP contribution in [0.15, 0.2) is 84.9 Å². The van der Waals surface area contributed by atoms with Crippen LogP contribution < -0.4 is 10.1 Å². The summed E-state index contributed by atoms with van der Waals surface area (Å²) < 4.78 is 7.48. The number of ether oxygens (including phenoxy) is 1. The Kier molecular flexibility index (Phi) is 6.43. The normalized spacial score (nSPS) is 11.1. The van der Waals surface area contributed by atoms with Crippen molar-refractivity contribution in [2.24, 2.45) is 0 Å². The summed E-state index contributed by atoms with van der Waals surface area (Å²) in [7, 11) is 1.57. The first kappa shape index (κ1) is 20.4. The molecule has 0 fully saturated rings. The number of carbonyl (C=O) groups excluding carboxylic acids is 1. The van der Waals surface area contributed by atoms with Gasteiger partial charge in [-0.1, -0.05) is 66.7 Å². The number of imidazole rings is 1. The van der Waals surface area contributed by atoms with Gasteiger partial charge in [-0.2, -0.15) is 0 Å². The van der Waals surface area contributed by atoms with Gasteiger partial charge < -0.3 is 14.6 Å². The summed E-state index contributed by atoms with van der Waals surface area (Å²) in [5.74, 6) is 1.36. The summed E-state index contributed by atoms with van der Waals surface area (Å²) in [6.45, 7) is 1.20. The second-order valence-electron chi connectivity index (χ2n) is 7.15. The van der Waals surface area contributed by atoms with Gasteiger partial charge in [0, 0.05) is 19.5 Å². The molecule has 0 saturated heterocycles. The fraction of sp³-hybridized carbons (Fsp3) is 0.154. The van der Waals surface area contributed by atoms with Crippen LogP contribution in [0, 0.1) is 0 Å². The highest BCUT2D eigenvalue weighted by Crippen LogP contribution is 2.18. The van der Waals surface area contributed by atoms with E-state index in [9.17, 15) is 4.79 Å². The van der Waals surface area contributed by atoms with Crippen molar-refractivity contribution >= 4 is 23.0 Å². The maximum Gasteiger partial charge on any atom is 0.255 e. The molecule has 1 amide bonds. The van der Waals surface area contributed by atoms with E-state index >= 15 is 0 Å². The fourth-order valence-corrected chi connectivity index (χ4v) is 3.59. The van der Waals surface area contributed by atoms with Gasteiger partial charge in [0.2, 0.25) is 0 Å². The van der Waals surface area contributed by atoms with Gasteiger partial charge in [0.15, 0.2) is 0 Å². The van der Waals surface area contributed by atoms with Gasteiger partial charge >= 0.3 is 0 Å². The molecule has 0 bridgehead atoms. The molecule has 1 heterocycles. The zero-order valence-electron chi connectivity index (χ0n) is 17.5. The smallest absolute Gasteiger partial charge is 0.255 e. The van der Waals surface area contributed by atoms with Gasteiger partial charge in [-0.25, -0.2) is 4.98 Å². The number of carbonyl (C=O) groups is 1. The summed E-state index contributed by atoms with van der Waals surface area (Å²) >= 11 is 0. The largest absolute Gasteiger partial charge is 0.496 e. The predicted molar refractivity (Wildman–Crippen MR) is 124 cm³/mol. The summed E-state index contributed by atoms with van der Waals surface area (Å²) in [5.41, 5.74) is 3.75. The first-order valence-corrected chi connectivity index (χ1v) is 10.3. The SMILES string of the molecule is COc1ccccc1C(=O)NCCc1nc2ccccc2n1C/C=C/c1ccccc1. The first-order chi connectivity index (χ1) is 15.3. The first-order valence-electron chi connectivity index (χ1n) is 10.3. The lowest BCUT2D eigenvalue weighted by Gasteiger charge is -2.10. The lowest BCUT2D eigenvalue weighted by molar-refractivity contribution is 0.0951. The number of nitrogens with one attached hydrogen (secondary N) is 1. The van der Waals surface area contributed by atoms with E-state index in [-0.39, 0.29) is 5.91 Å². The van der Waals surface area contributed by atoms with Crippen LogP contribution in [0.5, 0.6) is 5.75 Å². The number of fused-ring (bicyclic) bond motifs is 1. The van der Waals surface area contributed by atoms with Crippen molar-refractivity contribution in [3.8, 4) is 5.75 Å². The second-order valence-corrected chi connectivity index (χ2v) is 7.15. The summed E-state index contributed by atoms with van der Waals surface area (Å²) in [6, 6.07) is 25.6. The molecule has 0 aliphatic rings. The minimum atomic E-state index is -0.149. The Labute approximate surface area is 182 Å². The van der Waals surface area contributed by atoms with Gasteiger partial charge in [0.25, 0.3) is 5.91 Å². The number of hydrogen-bond donors (Lipinski definition) is 1. The topological polar surface area (TPSA) is 56.1 Å². The molecule has 1 aromatic heterocycles. The third-order valence-electron chi connectivity index (χ3n) is 5.12. The highest BCUT2D eigenvalue weighted by molar-refractivity contribution is 5.96. The van der Waals surface area contributed by atoms with E-state index in [1.165, 1.54) is 0 Å². The van der Waals surface area contributed by atoms with Crippen molar-refractivity contribution in [3.05, 3.63) is 102 Å². The fourth-order valence-electron chi connectivity index (χ4n) is 3.59. The Morgan fingerprint density at radius 3 is 2.58 bits per heavy atom. The lowest BCUT2D eigenvalue weighted by Crippen LogP contribution is -2.26. The Morgan fingerprint density at radius 2 is 1.74 bits per heavy atom. The van der Waals surface area contributed by atoms with Crippen LogP contribution in [0.3, 0.4) is 0 Å². The average molecular weight is 412 g/mol. The summed E-state index contributed by atoms with van der Waals surface area (Å²) in [6.07, 6.45) is 4.89. The quantitative estimate of drug-likeness (QED) is 0.456. The van der Waals surface area contributed by atoms with Gasteiger partial charge in [-0.15, -0.1) is 0 Å². The van der Waals surface area contributed by atoms with E-state index in [0.717, 1.165) is 22.4 Å². The van der Waals surface area contributed by atoms with Crippen LogP contribution in [0.4, 0.5) is 0 Å². The molecule has 4 aromatic rings. The minimum Gasteiger partial charge on any atom is -0.496 e. The van der Waals surface area contributed by atoms with E-state index in [1.807, 2.05) is 48.5 Å². The molecule has 5 nitrogen and oxygen atoms in total. The number of aromatic nitrogens is 2. The van der Waals surface area contributed by atoms with Gasteiger partial charge in [-0.05, 0) is 29.8 Å². The number of nitrogens with zero attached hydrogens (tertiary/aromatic N) is 2. The van der Waals surface area contributed by atoms with Crippen LogP contribution in [0.1, 0.15) is 21.7 Å². The van der Waals surface area contributed by atoms with Crippen LogP contribution in [0.2, 0.25) is 0 Å². The van der Waals surface area contributed by atoms with Crippen molar-refractivity contribution in [1.29, 1.82) is 0 Å². The Morgan fingerprint density at radius 1 is 1.00 bits per heavy atom. The number of benzene rings is 3. The molecule has 156 valence electrons. The molecular formula is C26H25N3O2. The lowest BCUT2D eigenvalue weighted by atomic mass is 10.2. The highest BCUT2D eigenvalue weighted by Gasteiger charge is 2.13. The molecule has 0 unspecified atom stereocenters.